The summed E-state index contributed by atoms with van der Waals surface area (Å²) in [5.74, 6) is -0.368. The molecule has 4 aromatic rings. The van der Waals surface area contributed by atoms with E-state index >= 15 is 0 Å². The molecule has 236 valence electrons. The van der Waals surface area contributed by atoms with Crippen molar-refractivity contribution in [3.63, 3.8) is 0 Å². The molecular formula is C35H38FN3O5S. The summed E-state index contributed by atoms with van der Waals surface area (Å²) in [7, 11) is -4.23. The molecule has 0 fully saturated rings. The van der Waals surface area contributed by atoms with Crippen molar-refractivity contribution in [3.05, 3.63) is 120 Å². The van der Waals surface area contributed by atoms with Crippen LogP contribution >= 0.6 is 0 Å². The second kappa shape index (κ2) is 13.9. The van der Waals surface area contributed by atoms with Crippen molar-refractivity contribution in [2.45, 2.75) is 57.6 Å². The second-order valence-corrected chi connectivity index (χ2v) is 13.7. The molecule has 8 nitrogen and oxygen atoms in total. The molecule has 0 aliphatic heterocycles. The number of rotatable bonds is 11. The molecule has 2 amide bonds. The fraction of sp³-hybridized carbons (Fsp3) is 0.257. The maximum absolute atomic E-state index is 14.1. The highest BCUT2D eigenvalue weighted by Crippen LogP contribution is 2.29. The largest absolute Gasteiger partial charge is 0.457 e. The molecule has 0 aromatic heterocycles. The van der Waals surface area contributed by atoms with E-state index in [1.54, 1.807) is 55.5 Å². The van der Waals surface area contributed by atoms with Gasteiger partial charge in [0.05, 0.1) is 10.6 Å². The molecular weight excluding hydrogens is 593 g/mol. The number of halogens is 1. The molecule has 0 bridgehead atoms. The van der Waals surface area contributed by atoms with Gasteiger partial charge in [-0.3, -0.25) is 13.9 Å². The highest BCUT2D eigenvalue weighted by molar-refractivity contribution is 7.92. The zero-order valence-electron chi connectivity index (χ0n) is 26.0. The Balaban J connectivity index is 1.71. The van der Waals surface area contributed by atoms with Crippen LogP contribution < -0.4 is 14.4 Å². The van der Waals surface area contributed by atoms with Gasteiger partial charge in [-0.2, -0.15) is 0 Å². The van der Waals surface area contributed by atoms with Crippen LogP contribution in [0.2, 0.25) is 0 Å². The number of aryl methyl sites for hydroxylation is 1. The first-order chi connectivity index (χ1) is 21.2. The number of ether oxygens (including phenoxy) is 1. The molecule has 0 saturated carbocycles. The third kappa shape index (κ3) is 8.92. The summed E-state index contributed by atoms with van der Waals surface area (Å²) < 4.78 is 48.7. The number of sulfonamides is 1. The summed E-state index contributed by atoms with van der Waals surface area (Å²) in [4.78, 5) is 28.6. The number of nitrogens with one attached hydrogen (secondary N) is 1. The maximum atomic E-state index is 14.1. The molecule has 45 heavy (non-hydrogen) atoms. The zero-order chi connectivity index (χ0) is 32.8. The Hall–Kier alpha value is -4.70. The topological polar surface area (TPSA) is 96.0 Å². The van der Waals surface area contributed by atoms with Crippen molar-refractivity contribution >= 4 is 27.5 Å². The Morgan fingerprint density at radius 1 is 0.844 bits per heavy atom. The fourth-order valence-corrected chi connectivity index (χ4v) is 5.93. The van der Waals surface area contributed by atoms with Gasteiger partial charge >= 0.3 is 0 Å². The van der Waals surface area contributed by atoms with E-state index in [9.17, 15) is 22.4 Å². The summed E-state index contributed by atoms with van der Waals surface area (Å²) in [6.07, 6.45) is 0. The van der Waals surface area contributed by atoms with Crippen LogP contribution in [0.4, 0.5) is 10.1 Å². The Morgan fingerprint density at radius 3 is 2.00 bits per heavy atom. The van der Waals surface area contributed by atoms with Crippen LogP contribution in [0, 0.1) is 12.7 Å². The highest BCUT2D eigenvalue weighted by Gasteiger charge is 2.33. The minimum absolute atomic E-state index is 0.00845. The first kappa shape index (κ1) is 33.2. The number of hydrogen-bond donors (Lipinski definition) is 1. The van der Waals surface area contributed by atoms with Gasteiger partial charge in [0.1, 0.15) is 29.9 Å². The molecule has 10 heteroatoms. The molecule has 0 unspecified atom stereocenters. The number of para-hydroxylation sites is 1. The molecule has 0 spiro atoms. The van der Waals surface area contributed by atoms with E-state index < -0.39 is 45.8 Å². The van der Waals surface area contributed by atoms with Crippen molar-refractivity contribution < 1.29 is 27.1 Å². The van der Waals surface area contributed by atoms with Crippen molar-refractivity contribution in [1.82, 2.24) is 10.2 Å². The first-order valence-electron chi connectivity index (χ1n) is 14.5. The standard InChI is InChI=1S/C35H38FN3O5S/c1-25-11-21-32(22-12-25)45(42,43)39(29-17-19-31(20-18-29)44-30-9-7-6-8-10-30)24-33(40)38(23-27-13-15-28(36)16-14-27)26(2)34(41)37-35(3,4)5/h6-22,26H,23-24H2,1-5H3,(H,37,41)/t26-/m1/s1. The molecule has 0 radical (unpaired) electrons. The van der Waals surface area contributed by atoms with Crippen molar-refractivity contribution in [3.8, 4) is 11.5 Å². The summed E-state index contributed by atoms with van der Waals surface area (Å²) in [5.41, 5.74) is 1.12. The van der Waals surface area contributed by atoms with Crippen molar-refractivity contribution in [2.24, 2.45) is 0 Å². The number of amides is 2. The predicted octanol–water partition coefficient (Wildman–Crippen LogP) is 6.45. The third-order valence-electron chi connectivity index (χ3n) is 6.92. The lowest BCUT2D eigenvalue weighted by Gasteiger charge is -2.33. The van der Waals surface area contributed by atoms with E-state index in [1.807, 2.05) is 45.9 Å². The summed E-state index contributed by atoms with van der Waals surface area (Å²) in [5, 5.41) is 2.88. The number of carbonyl (C=O) groups excluding carboxylic acids is 2. The molecule has 0 saturated heterocycles. The molecule has 1 atom stereocenters. The number of nitrogens with zero attached hydrogens (tertiary/aromatic N) is 2. The number of carbonyl (C=O) groups is 2. The lowest BCUT2D eigenvalue weighted by atomic mass is 10.1. The summed E-state index contributed by atoms with van der Waals surface area (Å²) in [6, 6.07) is 26.5. The monoisotopic (exact) mass is 631 g/mol. The van der Waals surface area contributed by atoms with Crippen LogP contribution in [-0.2, 0) is 26.2 Å². The van der Waals surface area contributed by atoms with Gasteiger partial charge in [0.25, 0.3) is 10.0 Å². The Bertz CT molecular complexity index is 1700. The van der Waals surface area contributed by atoms with E-state index in [0.717, 1.165) is 9.87 Å². The van der Waals surface area contributed by atoms with Crippen molar-refractivity contribution in [2.75, 3.05) is 10.8 Å². The SMILES string of the molecule is Cc1ccc(S(=O)(=O)N(CC(=O)N(Cc2ccc(F)cc2)[C@H](C)C(=O)NC(C)(C)C)c2ccc(Oc3ccccc3)cc2)cc1. The number of anilines is 1. The lowest BCUT2D eigenvalue weighted by molar-refractivity contribution is -0.140. The smallest absolute Gasteiger partial charge is 0.264 e. The van der Waals surface area contributed by atoms with Gasteiger partial charge < -0.3 is 15.0 Å². The van der Waals surface area contributed by atoms with Gasteiger partial charge in [-0.15, -0.1) is 0 Å². The van der Waals surface area contributed by atoms with Gasteiger partial charge in [-0.25, -0.2) is 12.8 Å². The van der Waals surface area contributed by atoms with Crippen LogP contribution in [0.5, 0.6) is 11.5 Å². The number of benzene rings is 4. The van der Waals surface area contributed by atoms with E-state index in [2.05, 4.69) is 5.32 Å². The Labute approximate surface area is 264 Å². The average Bonchev–Trinajstić information content (AvgIpc) is 2.99. The summed E-state index contributed by atoms with van der Waals surface area (Å²) >= 11 is 0. The predicted molar refractivity (Wildman–Crippen MR) is 173 cm³/mol. The average molecular weight is 632 g/mol. The Morgan fingerprint density at radius 2 is 1.42 bits per heavy atom. The van der Waals surface area contributed by atoms with Crippen LogP contribution in [0.25, 0.3) is 0 Å². The Kier molecular flexibility index (Phi) is 10.3. The normalized spacial score (nSPS) is 12.2. The number of hydrogen-bond acceptors (Lipinski definition) is 5. The maximum Gasteiger partial charge on any atom is 0.264 e. The molecule has 0 heterocycles. The van der Waals surface area contributed by atoms with Crippen molar-refractivity contribution in [1.29, 1.82) is 0 Å². The minimum Gasteiger partial charge on any atom is -0.457 e. The zero-order valence-corrected chi connectivity index (χ0v) is 26.8. The summed E-state index contributed by atoms with van der Waals surface area (Å²) in [6.45, 7) is 8.27. The van der Waals surface area contributed by atoms with Gasteiger partial charge in [-0.05, 0) is 101 Å². The fourth-order valence-electron chi connectivity index (χ4n) is 4.51. The van der Waals surface area contributed by atoms with Gasteiger partial charge in [0.15, 0.2) is 0 Å². The van der Waals surface area contributed by atoms with E-state index in [-0.39, 0.29) is 17.1 Å². The first-order valence-corrected chi connectivity index (χ1v) is 16.0. The van der Waals surface area contributed by atoms with Gasteiger partial charge in [0, 0.05) is 12.1 Å². The van der Waals surface area contributed by atoms with Crippen LogP contribution in [0.3, 0.4) is 0 Å². The van der Waals surface area contributed by atoms with Crippen LogP contribution in [-0.4, -0.2) is 43.3 Å². The molecule has 0 aliphatic rings. The molecule has 4 rings (SSSR count). The van der Waals surface area contributed by atoms with E-state index in [4.69, 9.17) is 4.74 Å². The highest BCUT2D eigenvalue weighted by atomic mass is 32.2. The minimum atomic E-state index is -4.23. The quantitative estimate of drug-likeness (QED) is 0.205. The molecule has 0 aliphatic carbocycles. The van der Waals surface area contributed by atoms with Gasteiger partial charge in [-0.1, -0.05) is 48.0 Å². The van der Waals surface area contributed by atoms with E-state index in [1.165, 1.54) is 41.3 Å². The second-order valence-electron chi connectivity index (χ2n) is 11.8. The van der Waals surface area contributed by atoms with Crippen LogP contribution in [0.1, 0.15) is 38.8 Å². The van der Waals surface area contributed by atoms with E-state index in [0.29, 0.717) is 17.1 Å². The third-order valence-corrected chi connectivity index (χ3v) is 8.71. The molecule has 4 aromatic carbocycles. The lowest BCUT2D eigenvalue weighted by Crippen LogP contribution is -2.54. The molecule has 1 N–H and O–H groups in total. The van der Waals surface area contributed by atoms with Gasteiger partial charge in [0.2, 0.25) is 11.8 Å². The van der Waals surface area contributed by atoms with Crippen LogP contribution in [0.15, 0.2) is 108 Å².